The first-order valence-electron chi connectivity index (χ1n) is 9.16. The van der Waals surface area contributed by atoms with E-state index < -0.39 is 0 Å². The first-order valence-corrected chi connectivity index (χ1v) is 9.16. The second kappa shape index (κ2) is 9.48. The van der Waals surface area contributed by atoms with Crippen molar-refractivity contribution in [2.75, 3.05) is 6.54 Å². The maximum Gasteiger partial charge on any atom is 0.266 e. The molecule has 0 aliphatic heterocycles. The molecule has 0 aliphatic rings. The van der Waals surface area contributed by atoms with Gasteiger partial charge in [-0.15, -0.1) is 0 Å². The van der Waals surface area contributed by atoms with Gasteiger partial charge in [-0.3, -0.25) is 9.59 Å². The summed E-state index contributed by atoms with van der Waals surface area (Å²) in [5.41, 5.74) is 2.76. The van der Waals surface area contributed by atoms with Gasteiger partial charge >= 0.3 is 0 Å². The van der Waals surface area contributed by atoms with Gasteiger partial charge in [0.2, 0.25) is 5.91 Å². The molecule has 2 aromatic carbocycles. The molecule has 1 aromatic heterocycles. The molecule has 1 amide bonds. The number of rotatable bonds is 8. The van der Waals surface area contributed by atoms with Gasteiger partial charge in [0.1, 0.15) is 0 Å². The van der Waals surface area contributed by atoms with E-state index in [0.717, 1.165) is 17.7 Å². The Morgan fingerprint density at radius 1 is 0.926 bits per heavy atom. The van der Waals surface area contributed by atoms with Gasteiger partial charge in [0.05, 0.1) is 5.69 Å². The van der Waals surface area contributed by atoms with Crippen LogP contribution >= 0.6 is 0 Å². The number of carbonyl (C=O) groups is 1. The van der Waals surface area contributed by atoms with Crippen LogP contribution in [-0.2, 0) is 17.8 Å². The molecule has 138 valence electrons. The fourth-order valence-electron chi connectivity index (χ4n) is 2.84. The van der Waals surface area contributed by atoms with E-state index in [-0.39, 0.29) is 11.5 Å². The Hall–Kier alpha value is -3.21. The highest BCUT2D eigenvalue weighted by Crippen LogP contribution is 2.14. The van der Waals surface area contributed by atoms with Crippen LogP contribution in [0.2, 0.25) is 0 Å². The van der Waals surface area contributed by atoms with Crippen LogP contribution in [0, 0.1) is 0 Å². The van der Waals surface area contributed by atoms with Crippen LogP contribution in [0.3, 0.4) is 0 Å². The number of aryl methyl sites for hydroxylation is 1. The molecule has 5 nitrogen and oxygen atoms in total. The average molecular weight is 361 g/mol. The highest BCUT2D eigenvalue weighted by molar-refractivity contribution is 5.75. The van der Waals surface area contributed by atoms with Crippen molar-refractivity contribution >= 4 is 5.91 Å². The molecule has 5 heteroatoms. The van der Waals surface area contributed by atoms with Gasteiger partial charge in [-0.1, -0.05) is 60.7 Å². The van der Waals surface area contributed by atoms with Gasteiger partial charge in [0, 0.05) is 31.1 Å². The summed E-state index contributed by atoms with van der Waals surface area (Å²) in [5, 5.41) is 7.34. The van der Waals surface area contributed by atoms with E-state index >= 15 is 0 Å². The molecule has 3 aromatic rings. The van der Waals surface area contributed by atoms with Crippen LogP contribution < -0.4 is 10.9 Å². The minimum Gasteiger partial charge on any atom is -0.356 e. The van der Waals surface area contributed by atoms with Crippen LogP contribution in [0.4, 0.5) is 0 Å². The van der Waals surface area contributed by atoms with Crippen LogP contribution in [0.15, 0.2) is 77.6 Å². The number of carbonyl (C=O) groups excluding carboxylic acids is 1. The Morgan fingerprint density at radius 2 is 1.63 bits per heavy atom. The number of benzene rings is 2. The van der Waals surface area contributed by atoms with Gasteiger partial charge in [0.25, 0.3) is 5.56 Å². The maximum atomic E-state index is 12.0. The van der Waals surface area contributed by atoms with Crippen molar-refractivity contribution in [1.29, 1.82) is 0 Å². The van der Waals surface area contributed by atoms with E-state index in [4.69, 9.17) is 0 Å². The molecule has 0 bridgehead atoms. The Balaban J connectivity index is 1.47. The van der Waals surface area contributed by atoms with Crippen LogP contribution in [0.1, 0.15) is 18.4 Å². The SMILES string of the molecule is O=C(CCCn1nc(-c2ccccc2)ccc1=O)NCCc1ccccc1. The standard InChI is InChI=1S/C22H23N3O2/c26-21(23-16-15-18-8-3-1-4-9-18)12-7-17-25-22(27)14-13-20(24-25)19-10-5-2-6-11-19/h1-6,8-11,13-14H,7,12,15-17H2,(H,23,26). The van der Waals surface area contributed by atoms with Crippen molar-refractivity contribution in [3.8, 4) is 11.3 Å². The zero-order valence-corrected chi connectivity index (χ0v) is 15.2. The number of nitrogens with one attached hydrogen (secondary N) is 1. The Labute approximate surface area is 158 Å². The van der Waals surface area contributed by atoms with Gasteiger partial charge in [-0.25, -0.2) is 4.68 Å². The highest BCUT2D eigenvalue weighted by atomic mass is 16.1. The average Bonchev–Trinajstić information content (AvgIpc) is 2.71. The molecule has 0 spiro atoms. The normalized spacial score (nSPS) is 10.5. The van der Waals surface area contributed by atoms with E-state index in [0.29, 0.717) is 25.9 Å². The smallest absolute Gasteiger partial charge is 0.266 e. The summed E-state index contributed by atoms with van der Waals surface area (Å²) in [6, 6.07) is 23.0. The molecule has 1 N–H and O–H groups in total. The molecule has 0 fully saturated rings. The van der Waals surface area contributed by atoms with Gasteiger partial charge in [0.15, 0.2) is 0 Å². The van der Waals surface area contributed by atoms with Crippen molar-refractivity contribution in [1.82, 2.24) is 15.1 Å². The summed E-state index contributed by atoms with van der Waals surface area (Å²) in [6.45, 7) is 1.04. The monoisotopic (exact) mass is 361 g/mol. The lowest BCUT2D eigenvalue weighted by atomic mass is 10.1. The molecule has 0 aliphatic carbocycles. The molecule has 0 radical (unpaired) electrons. The highest BCUT2D eigenvalue weighted by Gasteiger charge is 2.05. The quantitative estimate of drug-likeness (QED) is 0.671. The first kappa shape index (κ1) is 18.6. The van der Waals surface area contributed by atoms with Crippen molar-refractivity contribution in [2.45, 2.75) is 25.8 Å². The van der Waals surface area contributed by atoms with E-state index in [1.807, 2.05) is 60.7 Å². The number of aromatic nitrogens is 2. The topological polar surface area (TPSA) is 64.0 Å². The Bertz CT molecular complexity index is 921. The molecule has 0 unspecified atom stereocenters. The number of nitrogens with zero attached hydrogens (tertiary/aromatic N) is 2. The van der Waals surface area contributed by atoms with Crippen molar-refractivity contribution in [3.05, 3.63) is 88.7 Å². The van der Waals surface area contributed by atoms with Crippen LogP contribution in [0.25, 0.3) is 11.3 Å². The van der Waals surface area contributed by atoms with Crippen molar-refractivity contribution in [2.24, 2.45) is 0 Å². The number of amides is 1. The maximum absolute atomic E-state index is 12.0. The fraction of sp³-hybridized carbons (Fsp3) is 0.227. The summed E-state index contributed by atoms with van der Waals surface area (Å²) in [6.07, 6.45) is 1.76. The third-order valence-electron chi connectivity index (χ3n) is 4.29. The van der Waals surface area contributed by atoms with Crippen LogP contribution in [0.5, 0.6) is 0 Å². The zero-order chi connectivity index (χ0) is 18.9. The lowest BCUT2D eigenvalue weighted by Gasteiger charge is -2.08. The summed E-state index contributed by atoms with van der Waals surface area (Å²) in [4.78, 5) is 24.0. The summed E-state index contributed by atoms with van der Waals surface area (Å²) >= 11 is 0. The lowest BCUT2D eigenvalue weighted by molar-refractivity contribution is -0.121. The molecule has 27 heavy (non-hydrogen) atoms. The lowest BCUT2D eigenvalue weighted by Crippen LogP contribution is -2.27. The van der Waals surface area contributed by atoms with E-state index in [1.165, 1.54) is 16.3 Å². The number of hydrogen-bond acceptors (Lipinski definition) is 3. The van der Waals surface area contributed by atoms with E-state index in [2.05, 4.69) is 10.4 Å². The minimum absolute atomic E-state index is 0.00167. The Morgan fingerprint density at radius 3 is 2.37 bits per heavy atom. The van der Waals surface area contributed by atoms with Crippen molar-refractivity contribution in [3.63, 3.8) is 0 Å². The molecule has 3 rings (SSSR count). The van der Waals surface area contributed by atoms with E-state index in [9.17, 15) is 9.59 Å². The second-order valence-corrected chi connectivity index (χ2v) is 6.34. The summed E-state index contributed by atoms with van der Waals surface area (Å²) in [5.74, 6) is -0.00167. The zero-order valence-electron chi connectivity index (χ0n) is 15.2. The molecule has 0 saturated carbocycles. The summed E-state index contributed by atoms with van der Waals surface area (Å²) in [7, 11) is 0. The van der Waals surface area contributed by atoms with Gasteiger partial charge < -0.3 is 5.32 Å². The van der Waals surface area contributed by atoms with Gasteiger partial charge in [-0.2, -0.15) is 5.10 Å². The minimum atomic E-state index is -0.154. The predicted octanol–water partition coefficient (Wildman–Crippen LogP) is 3.05. The number of hydrogen-bond donors (Lipinski definition) is 1. The molecule has 1 heterocycles. The third kappa shape index (κ3) is 5.64. The predicted molar refractivity (Wildman–Crippen MR) is 106 cm³/mol. The summed E-state index contributed by atoms with van der Waals surface area (Å²) < 4.78 is 1.43. The second-order valence-electron chi connectivity index (χ2n) is 6.34. The Kier molecular flexibility index (Phi) is 6.52. The van der Waals surface area contributed by atoms with Crippen LogP contribution in [-0.4, -0.2) is 22.2 Å². The first-order chi connectivity index (χ1) is 13.2. The molecular formula is C22H23N3O2. The van der Waals surface area contributed by atoms with Crippen molar-refractivity contribution < 1.29 is 4.79 Å². The largest absolute Gasteiger partial charge is 0.356 e. The third-order valence-corrected chi connectivity index (χ3v) is 4.29. The fourth-order valence-corrected chi connectivity index (χ4v) is 2.84. The van der Waals surface area contributed by atoms with Gasteiger partial charge in [-0.05, 0) is 24.5 Å². The molecular weight excluding hydrogens is 338 g/mol. The molecule has 0 saturated heterocycles. The van der Waals surface area contributed by atoms with E-state index in [1.54, 1.807) is 6.07 Å². The molecule has 0 atom stereocenters.